The lowest BCUT2D eigenvalue weighted by Crippen LogP contribution is -2.43. The zero-order chi connectivity index (χ0) is 15.0. The SMILES string of the molecule is Cc1cccc(C)c1NC(=S)N1CCn2cccc2C1C. The highest BCUT2D eigenvalue weighted by Crippen LogP contribution is 2.27. The number of anilines is 1. The molecule has 3 nitrogen and oxygen atoms in total. The number of benzene rings is 1. The molecule has 3 rings (SSSR count). The molecule has 1 aliphatic rings. The van der Waals surface area contributed by atoms with Gasteiger partial charge in [-0.25, -0.2) is 0 Å². The highest BCUT2D eigenvalue weighted by molar-refractivity contribution is 7.80. The molecule has 0 bridgehead atoms. The van der Waals surface area contributed by atoms with Crippen molar-refractivity contribution in [3.63, 3.8) is 0 Å². The predicted octanol–water partition coefficient (Wildman–Crippen LogP) is 3.88. The van der Waals surface area contributed by atoms with Crippen molar-refractivity contribution in [3.8, 4) is 0 Å². The Bertz CT molecular complexity index is 654. The van der Waals surface area contributed by atoms with Gasteiger partial charge < -0.3 is 14.8 Å². The Labute approximate surface area is 131 Å². The molecule has 1 aliphatic heterocycles. The van der Waals surface area contributed by atoms with E-state index in [0.717, 1.165) is 23.9 Å². The van der Waals surface area contributed by atoms with Gasteiger partial charge >= 0.3 is 0 Å². The lowest BCUT2D eigenvalue weighted by molar-refractivity contribution is 0.276. The van der Waals surface area contributed by atoms with Gasteiger partial charge in [-0.1, -0.05) is 18.2 Å². The summed E-state index contributed by atoms with van der Waals surface area (Å²) in [6.07, 6.45) is 2.14. The van der Waals surface area contributed by atoms with E-state index in [1.807, 2.05) is 0 Å². The minimum Gasteiger partial charge on any atom is -0.348 e. The van der Waals surface area contributed by atoms with Crippen molar-refractivity contribution in [2.45, 2.75) is 33.4 Å². The summed E-state index contributed by atoms with van der Waals surface area (Å²) in [7, 11) is 0. The first-order valence-corrected chi connectivity index (χ1v) is 7.77. The molecule has 21 heavy (non-hydrogen) atoms. The second-order valence-corrected chi connectivity index (χ2v) is 6.08. The van der Waals surface area contributed by atoms with Gasteiger partial charge in [0.2, 0.25) is 0 Å². The zero-order valence-electron chi connectivity index (χ0n) is 12.8. The molecule has 0 fully saturated rings. The molecular weight excluding hydrogens is 278 g/mol. The molecule has 110 valence electrons. The van der Waals surface area contributed by atoms with Crippen LogP contribution >= 0.6 is 12.2 Å². The summed E-state index contributed by atoms with van der Waals surface area (Å²) < 4.78 is 2.31. The van der Waals surface area contributed by atoms with E-state index in [2.05, 4.69) is 72.1 Å². The summed E-state index contributed by atoms with van der Waals surface area (Å²) in [4.78, 5) is 2.27. The number of nitrogens with one attached hydrogen (secondary N) is 1. The number of para-hydroxylation sites is 1. The van der Waals surface area contributed by atoms with E-state index in [1.54, 1.807) is 0 Å². The van der Waals surface area contributed by atoms with Crippen LogP contribution in [-0.2, 0) is 6.54 Å². The smallest absolute Gasteiger partial charge is 0.174 e. The number of aryl methyl sites for hydroxylation is 2. The second-order valence-electron chi connectivity index (χ2n) is 5.69. The van der Waals surface area contributed by atoms with E-state index in [4.69, 9.17) is 12.2 Å². The Morgan fingerprint density at radius 1 is 1.14 bits per heavy atom. The standard InChI is InChI=1S/C17H21N3S/c1-12-6-4-7-13(2)16(12)18-17(21)20-11-10-19-9-5-8-15(19)14(20)3/h4-9,14H,10-11H2,1-3H3,(H,18,21). The van der Waals surface area contributed by atoms with Gasteiger partial charge in [-0.2, -0.15) is 0 Å². The third-order valence-electron chi connectivity index (χ3n) is 4.32. The maximum Gasteiger partial charge on any atom is 0.174 e. The van der Waals surface area contributed by atoms with Crippen LogP contribution in [0.2, 0.25) is 0 Å². The predicted molar refractivity (Wildman–Crippen MR) is 91.7 cm³/mol. The normalized spacial score (nSPS) is 17.5. The van der Waals surface area contributed by atoms with Crippen LogP contribution in [0.15, 0.2) is 36.5 Å². The van der Waals surface area contributed by atoms with E-state index >= 15 is 0 Å². The zero-order valence-corrected chi connectivity index (χ0v) is 13.6. The summed E-state index contributed by atoms with van der Waals surface area (Å²) in [5.41, 5.74) is 4.92. The molecule has 1 aromatic heterocycles. The maximum atomic E-state index is 5.66. The molecular formula is C17H21N3S. The molecule has 0 saturated carbocycles. The summed E-state index contributed by atoms with van der Waals surface area (Å²) in [5.74, 6) is 0. The minimum atomic E-state index is 0.304. The molecule has 0 saturated heterocycles. The van der Waals surface area contributed by atoms with E-state index in [1.165, 1.54) is 16.8 Å². The Hall–Kier alpha value is -1.81. The molecule has 0 amide bonds. The van der Waals surface area contributed by atoms with Crippen molar-refractivity contribution in [3.05, 3.63) is 53.3 Å². The largest absolute Gasteiger partial charge is 0.348 e. The summed E-state index contributed by atoms with van der Waals surface area (Å²) in [6.45, 7) is 8.37. The van der Waals surface area contributed by atoms with Crippen LogP contribution in [0.3, 0.4) is 0 Å². The first-order valence-electron chi connectivity index (χ1n) is 7.37. The number of fused-ring (bicyclic) bond motifs is 1. The Morgan fingerprint density at radius 2 is 1.86 bits per heavy atom. The third-order valence-corrected chi connectivity index (χ3v) is 4.65. The van der Waals surface area contributed by atoms with Crippen molar-refractivity contribution in [1.82, 2.24) is 9.47 Å². The van der Waals surface area contributed by atoms with E-state index in [9.17, 15) is 0 Å². The van der Waals surface area contributed by atoms with Gasteiger partial charge in [-0.15, -0.1) is 0 Å². The highest BCUT2D eigenvalue weighted by Gasteiger charge is 2.25. The van der Waals surface area contributed by atoms with Crippen LogP contribution in [0, 0.1) is 13.8 Å². The molecule has 0 spiro atoms. The fourth-order valence-corrected chi connectivity index (χ4v) is 3.40. The first-order chi connectivity index (χ1) is 10.1. The number of hydrogen-bond acceptors (Lipinski definition) is 1. The number of thiocarbonyl (C=S) groups is 1. The molecule has 1 N–H and O–H groups in total. The fourth-order valence-electron chi connectivity index (χ4n) is 3.05. The molecule has 2 heterocycles. The van der Waals surface area contributed by atoms with Crippen LogP contribution in [-0.4, -0.2) is 21.1 Å². The minimum absolute atomic E-state index is 0.304. The molecule has 4 heteroatoms. The highest BCUT2D eigenvalue weighted by atomic mass is 32.1. The molecule has 1 atom stereocenters. The van der Waals surface area contributed by atoms with Gasteiger partial charge in [0, 0.05) is 30.7 Å². The van der Waals surface area contributed by atoms with Crippen LogP contribution in [0.4, 0.5) is 5.69 Å². The second kappa shape index (κ2) is 5.53. The monoisotopic (exact) mass is 299 g/mol. The average Bonchev–Trinajstić information content (AvgIpc) is 2.92. The van der Waals surface area contributed by atoms with Crippen LogP contribution in [0.25, 0.3) is 0 Å². The van der Waals surface area contributed by atoms with Crippen molar-refractivity contribution in [2.75, 3.05) is 11.9 Å². The van der Waals surface area contributed by atoms with Gasteiger partial charge in [-0.3, -0.25) is 0 Å². The molecule has 1 aromatic carbocycles. The number of hydrogen-bond donors (Lipinski definition) is 1. The lowest BCUT2D eigenvalue weighted by atomic mass is 10.1. The van der Waals surface area contributed by atoms with Gasteiger partial charge in [0.05, 0.1) is 6.04 Å². The van der Waals surface area contributed by atoms with E-state index < -0.39 is 0 Å². The average molecular weight is 299 g/mol. The molecule has 0 aliphatic carbocycles. The summed E-state index contributed by atoms with van der Waals surface area (Å²) in [5, 5.41) is 4.26. The molecule has 1 unspecified atom stereocenters. The van der Waals surface area contributed by atoms with Crippen LogP contribution in [0.1, 0.15) is 29.8 Å². The van der Waals surface area contributed by atoms with Crippen LogP contribution < -0.4 is 5.32 Å². The summed E-state index contributed by atoms with van der Waals surface area (Å²) in [6, 6.07) is 10.9. The van der Waals surface area contributed by atoms with Crippen molar-refractivity contribution >= 4 is 23.0 Å². The van der Waals surface area contributed by atoms with E-state index in [-0.39, 0.29) is 0 Å². The van der Waals surface area contributed by atoms with E-state index in [0.29, 0.717) is 6.04 Å². The molecule has 2 aromatic rings. The van der Waals surface area contributed by atoms with Gasteiger partial charge in [-0.05, 0) is 56.2 Å². The topological polar surface area (TPSA) is 20.2 Å². The van der Waals surface area contributed by atoms with Crippen molar-refractivity contribution in [1.29, 1.82) is 0 Å². The lowest BCUT2D eigenvalue weighted by Gasteiger charge is -2.37. The molecule has 0 radical (unpaired) electrons. The Kier molecular flexibility index (Phi) is 3.72. The maximum absolute atomic E-state index is 5.66. The number of rotatable bonds is 1. The first kappa shape index (κ1) is 14.1. The Morgan fingerprint density at radius 3 is 2.57 bits per heavy atom. The number of nitrogens with zero attached hydrogens (tertiary/aromatic N) is 2. The van der Waals surface area contributed by atoms with Crippen LogP contribution in [0.5, 0.6) is 0 Å². The third kappa shape index (κ3) is 2.56. The summed E-state index contributed by atoms with van der Waals surface area (Å²) >= 11 is 5.66. The van der Waals surface area contributed by atoms with Gasteiger partial charge in [0.25, 0.3) is 0 Å². The number of aromatic nitrogens is 1. The van der Waals surface area contributed by atoms with Gasteiger partial charge in [0.15, 0.2) is 5.11 Å². The van der Waals surface area contributed by atoms with Crippen molar-refractivity contribution in [2.24, 2.45) is 0 Å². The Balaban J connectivity index is 1.81. The quantitative estimate of drug-likeness (QED) is 0.807. The fraction of sp³-hybridized carbons (Fsp3) is 0.353. The van der Waals surface area contributed by atoms with Crippen molar-refractivity contribution < 1.29 is 0 Å². The van der Waals surface area contributed by atoms with Gasteiger partial charge in [0.1, 0.15) is 0 Å².